The first-order valence-corrected chi connectivity index (χ1v) is 11.3. The zero-order chi connectivity index (χ0) is 22.7. The summed E-state index contributed by atoms with van der Waals surface area (Å²) in [6.07, 6.45) is 1.05. The molecule has 0 bridgehead atoms. The quantitative estimate of drug-likeness (QED) is 0.673. The Bertz CT molecular complexity index is 1040. The van der Waals surface area contributed by atoms with Crippen molar-refractivity contribution in [3.8, 4) is 11.5 Å². The minimum absolute atomic E-state index is 0.123. The van der Waals surface area contributed by atoms with E-state index in [2.05, 4.69) is 10.6 Å². The predicted octanol–water partition coefficient (Wildman–Crippen LogP) is 2.99. The molecule has 2 aliphatic heterocycles. The maximum absolute atomic E-state index is 13.0. The zero-order valence-corrected chi connectivity index (χ0v) is 18.7. The molecule has 0 saturated carbocycles. The molecule has 0 spiro atoms. The summed E-state index contributed by atoms with van der Waals surface area (Å²) in [6.45, 7) is 0.857. The third-order valence-corrected chi connectivity index (χ3v) is 6.96. The number of amides is 3. The fourth-order valence-corrected chi connectivity index (χ4v) is 4.96. The number of anilines is 2. The minimum Gasteiger partial charge on any atom is -0.497 e. The lowest BCUT2D eigenvalue weighted by atomic mass is 9.95. The Balaban J connectivity index is 1.36. The Labute approximate surface area is 190 Å². The van der Waals surface area contributed by atoms with Crippen LogP contribution in [0.5, 0.6) is 11.5 Å². The number of fused-ring (bicyclic) bond motifs is 1. The summed E-state index contributed by atoms with van der Waals surface area (Å²) in [5.74, 6) is 0.295. The molecule has 2 N–H and O–H groups in total. The number of benzene rings is 2. The van der Waals surface area contributed by atoms with Crippen molar-refractivity contribution in [3.63, 3.8) is 0 Å². The van der Waals surface area contributed by atoms with Gasteiger partial charge in [0.2, 0.25) is 17.7 Å². The number of carbonyl (C=O) groups excluding carboxylic acids is 3. The lowest BCUT2D eigenvalue weighted by Gasteiger charge is -2.34. The van der Waals surface area contributed by atoms with E-state index in [1.807, 2.05) is 24.3 Å². The van der Waals surface area contributed by atoms with Gasteiger partial charge in [0.25, 0.3) is 0 Å². The van der Waals surface area contributed by atoms with Crippen molar-refractivity contribution in [2.45, 2.75) is 23.0 Å². The first kappa shape index (κ1) is 22.0. The van der Waals surface area contributed by atoms with Gasteiger partial charge in [-0.3, -0.25) is 14.4 Å². The fraction of sp³-hybridized carbons (Fsp3) is 0.348. The van der Waals surface area contributed by atoms with Crippen molar-refractivity contribution in [3.05, 3.63) is 42.5 Å². The van der Waals surface area contributed by atoms with E-state index < -0.39 is 5.25 Å². The molecule has 2 aromatic carbocycles. The topological polar surface area (TPSA) is 97.0 Å². The predicted molar refractivity (Wildman–Crippen MR) is 122 cm³/mol. The number of methoxy groups -OCH3 is 2. The van der Waals surface area contributed by atoms with Crippen molar-refractivity contribution in [1.82, 2.24) is 4.90 Å². The number of piperidine rings is 1. The van der Waals surface area contributed by atoms with E-state index in [1.165, 1.54) is 11.8 Å². The minimum atomic E-state index is -0.809. The lowest BCUT2D eigenvalue weighted by Crippen LogP contribution is -2.48. The summed E-state index contributed by atoms with van der Waals surface area (Å²) >= 11 is 1.28. The van der Waals surface area contributed by atoms with Crippen molar-refractivity contribution >= 4 is 40.9 Å². The van der Waals surface area contributed by atoms with Crippen LogP contribution in [0.3, 0.4) is 0 Å². The highest BCUT2D eigenvalue weighted by Crippen LogP contribution is 2.37. The van der Waals surface area contributed by atoms with E-state index in [-0.39, 0.29) is 23.6 Å². The van der Waals surface area contributed by atoms with Gasteiger partial charge in [-0.2, -0.15) is 0 Å². The highest BCUT2D eigenvalue weighted by atomic mass is 32.2. The fourth-order valence-electron chi connectivity index (χ4n) is 3.89. The summed E-state index contributed by atoms with van der Waals surface area (Å²) in [4.78, 5) is 40.9. The van der Waals surface area contributed by atoms with Gasteiger partial charge in [0, 0.05) is 30.0 Å². The standard InChI is InChI=1S/C23H25N3O5S/c1-30-15-7-8-18(31-2)17(13-15)25-21(27)14-9-11-26(12-10-14)23(29)20-22(28)24-16-5-3-4-6-19(16)32-20/h3-8,13-14,20H,9-12H2,1-2H3,(H,24,28)(H,25,27). The summed E-state index contributed by atoms with van der Waals surface area (Å²) in [5.41, 5.74) is 1.28. The summed E-state index contributed by atoms with van der Waals surface area (Å²) in [7, 11) is 3.10. The van der Waals surface area contributed by atoms with Crippen LogP contribution >= 0.6 is 11.8 Å². The summed E-state index contributed by atoms with van der Waals surface area (Å²) in [5, 5.41) is 4.92. The van der Waals surface area contributed by atoms with E-state index in [4.69, 9.17) is 9.47 Å². The normalized spacial score (nSPS) is 18.4. The number of carbonyl (C=O) groups is 3. The van der Waals surface area contributed by atoms with E-state index >= 15 is 0 Å². The molecule has 32 heavy (non-hydrogen) atoms. The molecule has 1 unspecified atom stereocenters. The maximum atomic E-state index is 13.0. The Morgan fingerprint density at radius 3 is 2.56 bits per heavy atom. The molecular formula is C23H25N3O5S. The molecule has 0 aromatic heterocycles. The molecule has 2 heterocycles. The number of hydrogen-bond acceptors (Lipinski definition) is 6. The van der Waals surface area contributed by atoms with Crippen LogP contribution in [0.15, 0.2) is 47.4 Å². The Morgan fingerprint density at radius 1 is 1.09 bits per heavy atom. The SMILES string of the molecule is COc1ccc(OC)c(NC(=O)C2CCN(C(=O)C3Sc4ccccc4NC3=O)CC2)c1. The summed E-state index contributed by atoms with van der Waals surface area (Å²) in [6, 6.07) is 12.7. The molecule has 3 amide bonds. The number of likely N-dealkylation sites (tertiary alicyclic amines) is 1. The Kier molecular flexibility index (Phi) is 6.55. The molecule has 8 nitrogen and oxygen atoms in total. The van der Waals surface area contributed by atoms with Gasteiger partial charge in [-0.1, -0.05) is 12.1 Å². The molecular weight excluding hydrogens is 430 g/mol. The summed E-state index contributed by atoms with van der Waals surface area (Å²) < 4.78 is 10.5. The molecule has 0 aliphatic carbocycles. The van der Waals surface area contributed by atoms with Crippen LogP contribution in [0.1, 0.15) is 12.8 Å². The van der Waals surface area contributed by atoms with E-state index in [0.717, 1.165) is 10.6 Å². The van der Waals surface area contributed by atoms with E-state index in [9.17, 15) is 14.4 Å². The van der Waals surface area contributed by atoms with Gasteiger partial charge in [0.1, 0.15) is 11.5 Å². The number of ether oxygens (including phenoxy) is 2. The third-order valence-electron chi connectivity index (χ3n) is 5.69. The number of nitrogens with zero attached hydrogens (tertiary/aromatic N) is 1. The van der Waals surface area contributed by atoms with Crippen molar-refractivity contribution in [2.24, 2.45) is 5.92 Å². The smallest absolute Gasteiger partial charge is 0.247 e. The molecule has 0 radical (unpaired) electrons. The zero-order valence-electron chi connectivity index (χ0n) is 17.9. The van der Waals surface area contributed by atoms with Crippen LogP contribution in [-0.4, -0.2) is 55.2 Å². The van der Waals surface area contributed by atoms with Gasteiger partial charge in [0.05, 0.1) is 25.6 Å². The van der Waals surface area contributed by atoms with Crippen LogP contribution < -0.4 is 20.1 Å². The molecule has 4 rings (SSSR count). The molecule has 1 fully saturated rings. The monoisotopic (exact) mass is 455 g/mol. The Morgan fingerprint density at radius 2 is 1.84 bits per heavy atom. The van der Waals surface area contributed by atoms with Gasteiger partial charge in [-0.15, -0.1) is 11.8 Å². The number of para-hydroxylation sites is 1. The van der Waals surface area contributed by atoms with Crippen molar-refractivity contribution in [1.29, 1.82) is 0 Å². The van der Waals surface area contributed by atoms with Gasteiger partial charge >= 0.3 is 0 Å². The van der Waals surface area contributed by atoms with Crippen LogP contribution in [0.25, 0.3) is 0 Å². The first-order valence-electron chi connectivity index (χ1n) is 10.4. The van der Waals surface area contributed by atoms with Crippen LogP contribution in [0.4, 0.5) is 11.4 Å². The maximum Gasteiger partial charge on any atom is 0.247 e. The molecule has 168 valence electrons. The largest absolute Gasteiger partial charge is 0.497 e. The van der Waals surface area contributed by atoms with Gasteiger partial charge < -0.3 is 25.0 Å². The molecule has 2 aromatic rings. The second kappa shape index (κ2) is 9.52. The second-order valence-electron chi connectivity index (χ2n) is 7.64. The lowest BCUT2D eigenvalue weighted by molar-refractivity contribution is -0.136. The van der Waals surface area contributed by atoms with Gasteiger partial charge in [-0.25, -0.2) is 0 Å². The van der Waals surface area contributed by atoms with E-state index in [0.29, 0.717) is 43.1 Å². The number of rotatable bonds is 5. The van der Waals surface area contributed by atoms with E-state index in [1.54, 1.807) is 37.3 Å². The number of nitrogens with one attached hydrogen (secondary N) is 2. The third kappa shape index (κ3) is 4.52. The van der Waals surface area contributed by atoms with Crippen molar-refractivity contribution in [2.75, 3.05) is 37.9 Å². The number of hydrogen-bond donors (Lipinski definition) is 2. The second-order valence-corrected chi connectivity index (χ2v) is 8.79. The molecule has 1 saturated heterocycles. The van der Waals surface area contributed by atoms with Gasteiger partial charge in [-0.05, 0) is 37.1 Å². The first-order chi connectivity index (χ1) is 15.5. The Hall–Kier alpha value is -3.20. The van der Waals surface area contributed by atoms with Crippen LogP contribution in [0.2, 0.25) is 0 Å². The van der Waals surface area contributed by atoms with Gasteiger partial charge in [0.15, 0.2) is 5.25 Å². The average Bonchev–Trinajstić information content (AvgIpc) is 2.83. The molecule has 1 atom stereocenters. The number of thioether (sulfide) groups is 1. The van der Waals surface area contributed by atoms with Crippen LogP contribution in [-0.2, 0) is 14.4 Å². The molecule has 2 aliphatic rings. The van der Waals surface area contributed by atoms with Crippen molar-refractivity contribution < 1.29 is 23.9 Å². The highest BCUT2D eigenvalue weighted by molar-refractivity contribution is 8.01. The molecule has 9 heteroatoms. The van der Waals surface area contributed by atoms with Crippen LogP contribution in [0, 0.1) is 5.92 Å². The highest BCUT2D eigenvalue weighted by Gasteiger charge is 2.37. The average molecular weight is 456 g/mol.